The number of hydrogen-bond acceptors (Lipinski definition) is 7. The van der Waals surface area contributed by atoms with Gasteiger partial charge < -0.3 is 14.4 Å². The van der Waals surface area contributed by atoms with Gasteiger partial charge in [0.25, 0.3) is 0 Å². The minimum atomic E-state index is -0.107. The van der Waals surface area contributed by atoms with Gasteiger partial charge in [0.15, 0.2) is 11.0 Å². The summed E-state index contributed by atoms with van der Waals surface area (Å²) in [5, 5.41) is 10.3. The summed E-state index contributed by atoms with van der Waals surface area (Å²) in [4.78, 5) is 33.6. The molecule has 0 unspecified atom stereocenters. The van der Waals surface area contributed by atoms with Gasteiger partial charge in [0.05, 0.1) is 28.6 Å². The molecule has 3 aromatic rings. The molecule has 8 nitrogen and oxygen atoms in total. The van der Waals surface area contributed by atoms with Gasteiger partial charge in [0.1, 0.15) is 5.01 Å². The lowest BCUT2D eigenvalue weighted by Gasteiger charge is -2.23. The van der Waals surface area contributed by atoms with E-state index >= 15 is 0 Å². The predicted octanol–water partition coefficient (Wildman–Crippen LogP) is 4.12. The third-order valence-corrected chi connectivity index (χ3v) is 8.24. The summed E-state index contributed by atoms with van der Waals surface area (Å²) in [5.74, 6) is 1.25. The maximum atomic E-state index is 12.9. The van der Waals surface area contributed by atoms with Crippen molar-refractivity contribution in [1.29, 1.82) is 0 Å². The van der Waals surface area contributed by atoms with Crippen LogP contribution >= 0.6 is 23.1 Å². The summed E-state index contributed by atoms with van der Waals surface area (Å²) < 4.78 is 3.13. The zero-order valence-electron chi connectivity index (χ0n) is 19.4. The van der Waals surface area contributed by atoms with E-state index in [0.29, 0.717) is 24.7 Å². The molecule has 0 aliphatic carbocycles. The van der Waals surface area contributed by atoms with Crippen LogP contribution in [0, 0.1) is 0 Å². The molecular weight excluding hydrogens is 456 g/mol. The molecule has 10 heteroatoms. The van der Waals surface area contributed by atoms with Crippen molar-refractivity contribution < 1.29 is 9.59 Å². The second-order valence-electron chi connectivity index (χ2n) is 8.26. The molecule has 2 amide bonds. The second-order valence-corrected chi connectivity index (χ2v) is 10.3. The number of carbonyl (C=O) groups excluding carboxylic acids is 2. The molecule has 0 bridgehead atoms. The van der Waals surface area contributed by atoms with Gasteiger partial charge in [-0.05, 0) is 38.8 Å². The molecule has 0 N–H and O–H groups in total. The Bertz CT molecular complexity index is 1090. The van der Waals surface area contributed by atoms with Crippen molar-refractivity contribution in [3.8, 4) is 0 Å². The van der Waals surface area contributed by atoms with Crippen LogP contribution < -0.4 is 0 Å². The van der Waals surface area contributed by atoms with E-state index in [4.69, 9.17) is 4.98 Å². The van der Waals surface area contributed by atoms with Crippen LogP contribution in [-0.4, -0.2) is 60.7 Å². The molecule has 1 atom stereocenters. The number of aromatic nitrogens is 4. The summed E-state index contributed by atoms with van der Waals surface area (Å²) in [6.07, 6.45) is 3.69. The molecule has 4 rings (SSSR count). The van der Waals surface area contributed by atoms with Crippen LogP contribution in [-0.2, 0) is 22.7 Å². The molecule has 0 radical (unpaired) electrons. The molecule has 3 heterocycles. The lowest BCUT2D eigenvalue weighted by atomic mass is 10.2. The van der Waals surface area contributed by atoms with Crippen molar-refractivity contribution in [2.24, 2.45) is 0 Å². The number of rotatable bonds is 8. The fraction of sp³-hybridized carbons (Fsp3) is 0.522. The Hall–Kier alpha value is -2.46. The highest BCUT2D eigenvalue weighted by Crippen LogP contribution is 2.29. The van der Waals surface area contributed by atoms with Crippen LogP contribution in [0.1, 0.15) is 56.4 Å². The Morgan fingerprint density at radius 3 is 2.85 bits per heavy atom. The lowest BCUT2D eigenvalue weighted by molar-refractivity contribution is -0.131. The number of likely N-dealkylation sites (tertiary alicyclic amines) is 1. The number of amides is 2. The van der Waals surface area contributed by atoms with Crippen LogP contribution in [0.5, 0.6) is 0 Å². The number of nitrogens with zero attached hydrogens (tertiary/aromatic N) is 6. The maximum Gasteiger partial charge on any atom is 0.233 e. The number of thioether (sulfide) groups is 1. The van der Waals surface area contributed by atoms with Crippen molar-refractivity contribution >= 4 is 45.1 Å². The van der Waals surface area contributed by atoms with E-state index < -0.39 is 0 Å². The fourth-order valence-corrected chi connectivity index (χ4v) is 5.92. The van der Waals surface area contributed by atoms with Gasteiger partial charge in [-0.2, -0.15) is 0 Å². The number of benzene rings is 1. The number of carbonyl (C=O) groups is 2. The molecule has 0 spiro atoms. The predicted molar refractivity (Wildman–Crippen MR) is 131 cm³/mol. The van der Waals surface area contributed by atoms with Gasteiger partial charge >= 0.3 is 0 Å². The topological polar surface area (TPSA) is 84.2 Å². The largest absolute Gasteiger partial charge is 0.336 e. The maximum absolute atomic E-state index is 12.9. The van der Waals surface area contributed by atoms with E-state index in [2.05, 4.69) is 16.3 Å². The Morgan fingerprint density at radius 1 is 1.24 bits per heavy atom. The molecule has 1 fully saturated rings. The van der Waals surface area contributed by atoms with Crippen LogP contribution in [0.25, 0.3) is 10.2 Å². The van der Waals surface area contributed by atoms with Gasteiger partial charge in [0.2, 0.25) is 11.8 Å². The van der Waals surface area contributed by atoms with E-state index in [0.717, 1.165) is 46.9 Å². The Morgan fingerprint density at radius 2 is 2.06 bits per heavy atom. The standard InChI is InChI=1S/C23H30N6O2S2/c1-4-29-19(14-28-13-9-5-6-12-20(28)30)25-26-23(29)32-15-21(31)27(3)16(2)22-24-17-10-7-8-11-18(17)33-22/h7-8,10-11,16H,4-6,9,12-15H2,1-3H3/t16-/m1/s1. The summed E-state index contributed by atoms with van der Waals surface area (Å²) in [5.41, 5.74) is 0.964. The molecule has 1 aliphatic rings. The Labute approximate surface area is 202 Å². The first-order valence-electron chi connectivity index (χ1n) is 11.4. The van der Waals surface area contributed by atoms with E-state index in [1.807, 2.05) is 48.6 Å². The molecule has 33 heavy (non-hydrogen) atoms. The SMILES string of the molecule is CCn1c(CN2CCCCCC2=O)nnc1SCC(=O)N(C)[C@H](C)c1nc2ccccc2s1. The van der Waals surface area contributed by atoms with Crippen LogP contribution in [0.4, 0.5) is 0 Å². The number of hydrogen-bond donors (Lipinski definition) is 0. The molecular formula is C23H30N6O2S2. The average molecular weight is 487 g/mol. The highest BCUT2D eigenvalue weighted by molar-refractivity contribution is 7.99. The van der Waals surface area contributed by atoms with Crippen molar-refractivity contribution in [1.82, 2.24) is 29.5 Å². The first kappa shape index (κ1) is 23.7. The van der Waals surface area contributed by atoms with Crippen molar-refractivity contribution in [3.05, 3.63) is 35.1 Å². The fourth-order valence-electron chi connectivity index (χ4n) is 3.92. The van der Waals surface area contributed by atoms with E-state index in [-0.39, 0.29) is 23.6 Å². The summed E-state index contributed by atoms with van der Waals surface area (Å²) in [6, 6.07) is 7.91. The van der Waals surface area contributed by atoms with Gasteiger partial charge in [-0.25, -0.2) is 4.98 Å². The zero-order valence-corrected chi connectivity index (χ0v) is 21.0. The number of thiazole rings is 1. The Balaban J connectivity index is 1.38. The highest BCUT2D eigenvalue weighted by Gasteiger charge is 2.23. The summed E-state index contributed by atoms with van der Waals surface area (Å²) >= 11 is 3.01. The molecule has 2 aromatic heterocycles. The molecule has 1 aliphatic heterocycles. The average Bonchev–Trinajstić information content (AvgIpc) is 3.37. The third-order valence-electron chi connectivity index (χ3n) is 6.08. The van der Waals surface area contributed by atoms with Crippen molar-refractivity contribution in [2.45, 2.75) is 63.8 Å². The molecule has 1 saturated heterocycles. The molecule has 0 saturated carbocycles. The smallest absolute Gasteiger partial charge is 0.233 e. The van der Waals surface area contributed by atoms with Crippen molar-refractivity contribution in [3.63, 3.8) is 0 Å². The summed E-state index contributed by atoms with van der Waals surface area (Å²) in [6.45, 7) is 5.97. The first-order valence-corrected chi connectivity index (χ1v) is 13.2. The minimum absolute atomic E-state index is 0.0154. The van der Waals surface area contributed by atoms with Crippen LogP contribution in [0.15, 0.2) is 29.4 Å². The minimum Gasteiger partial charge on any atom is -0.336 e. The molecule has 176 valence electrons. The lowest BCUT2D eigenvalue weighted by Crippen LogP contribution is -2.31. The van der Waals surface area contributed by atoms with Crippen LogP contribution in [0.3, 0.4) is 0 Å². The normalized spacial score (nSPS) is 15.6. The van der Waals surface area contributed by atoms with Gasteiger partial charge in [-0.1, -0.05) is 30.3 Å². The summed E-state index contributed by atoms with van der Waals surface area (Å²) in [7, 11) is 1.82. The van der Waals surface area contributed by atoms with Gasteiger partial charge in [0, 0.05) is 26.6 Å². The van der Waals surface area contributed by atoms with Gasteiger partial charge in [-0.3, -0.25) is 9.59 Å². The van der Waals surface area contributed by atoms with Gasteiger partial charge in [-0.15, -0.1) is 21.5 Å². The van der Waals surface area contributed by atoms with E-state index in [1.54, 1.807) is 16.2 Å². The Kier molecular flexibility index (Phi) is 7.64. The van der Waals surface area contributed by atoms with Crippen molar-refractivity contribution in [2.75, 3.05) is 19.3 Å². The third kappa shape index (κ3) is 5.38. The number of para-hydroxylation sites is 1. The second kappa shape index (κ2) is 10.6. The number of fused-ring (bicyclic) bond motifs is 1. The highest BCUT2D eigenvalue weighted by atomic mass is 32.2. The zero-order chi connectivity index (χ0) is 23.4. The monoisotopic (exact) mass is 486 g/mol. The van der Waals surface area contributed by atoms with E-state index in [1.165, 1.54) is 11.8 Å². The quantitative estimate of drug-likeness (QED) is 0.445. The van der Waals surface area contributed by atoms with Crippen LogP contribution in [0.2, 0.25) is 0 Å². The van der Waals surface area contributed by atoms with E-state index in [9.17, 15) is 9.59 Å². The molecule has 1 aromatic carbocycles. The first-order chi connectivity index (χ1) is 16.0.